The van der Waals surface area contributed by atoms with Crippen molar-refractivity contribution in [3.8, 4) is 5.75 Å². The van der Waals surface area contributed by atoms with Gasteiger partial charge in [-0.2, -0.15) is 0 Å². The first-order chi connectivity index (χ1) is 8.01. The highest BCUT2D eigenvalue weighted by molar-refractivity contribution is 9.10. The number of nitrogens with one attached hydrogen (secondary N) is 1. The van der Waals surface area contributed by atoms with E-state index in [1.54, 1.807) is 7.11 Å². The lowest BCUT2D eigenvalue weighted by Crippen LogP contribution is -2.25. The molecule has 0 saturated carbocycles. The molecule has 3 heteroatoms. The first-order valence-electron chi connectivity index (χ1n) is 6.06. The first kappa shape index (κ1) is 14.5. The Morgan fingerprint density at radius 2 is 2.06 bits per heavy atom. The summed E-state index contributed by atoms with van der Waals surface area (Å²) in [4.78, 5) is 0. The Bertz CT molecular complexity index is 363. The van der Waals surface area contributed by atoms with Gasteiger partial charge in [0, 0.05) is 10.0 Å². The zero-order valence-corrected chi connectivity index (χ0v) is 12.7. The Hall–Kier alpha value is -0.540. The minimum atomic E-state index is 0.108. The van der Waals surface area contributed by atoms with Gasteiger partial charge < -0.3 is 10.1 Å². The second-order valence-electron chi connectivity index (χ2n) is 4.83. The van der Waals surface area contributed by atoms with Crippen LogP contribution in [0.25, 0.3) is 0 Å². The average molecular weight is 300 g/mol. The molecule has 1 aromatic rings. The molecule has 96 valence electrons. The van der Waals surface area contributed by atoms with Crippen molar-refractivity contribution in [2.75, 3.05) is 20.2 Å². The second-order valence-corrected chi connectivity index (χ2v) is 5.75. The summed E-state index contributed by atoms with van der Waals surface area (Å²) in [5.41, 5.74) is 1.37. The van der Waals surface area contributed by atoms with Crippen molar-refractivity contribution in [2.45, 2.75) is 32.6 Å². The third kappa shape index (κ3) is 4.00. The van der Waals surface area contributed by atoms with Gasteiger partial charge in [0.2, 0.25) is 0 Å². The lowest BCUT2D eigenvalue weighted by molar-refractivity contribution is 0.382. The van der Waals surface area contributed by atoms with Gasteiger partial charge in [-0.25, -0.2) is 0 Å². The number of methoxy groups -OCH3 is 1. The molecule has 0 saturated heterocycles. The van der Waals surface area contributed by atoms with Gasteiger partial charge in [0.05, 0.1) is 7.11 Å². The van der Waals surface area contributed by atoms with Gasteiger partial charge in [0.1, 0.15) is 5.75 Å². The molecular weight excluding hydrogens is 278 g/mol. The monoisotopic (exact) mass is 299 g/mol. The Morgan fingerprint density at radius 3 is 2.65 bits per heavy atom. The molecule has 0 spiro atoms. The van der Waals surface area contributed by atoms with Crippen LogP contribution in [0.1, 0.15) is 32.8 Å². The van der Waals surface area contributed by atoms with Crippen LogP contribution in [0.2, 0.25) is 0 Å². The van der Waals surface area contributed by atoms with Crippen molar-refractivity contribution in [3.05, 3.63) is 28.2 Å². The van der Waals surface area contributed by atoms with Crippen LogP contribution in [0.5, 0.6) is 5.75 Å². The van der Waals surface area contributed by atoms with E-state index >= 15 is 0 Å². The van der Waals surface area contributed by atoms with E-state index in [9.17, 15) is 0 Å². The molecule has 0 radical (unpaired) electrons. The number of hydrogen-bond acceptors (Lipinski definition) is 2. The summed E-state index contributed by atoms with van der Waals surface area (Å²) in [7, 11) is 1.73. The number of ether oxygens (including phenoxy) is 1. The number of rotatable bonds is 6. The fourth-order valence-corrected chi connectivity index (χ4v) is 2.28. The molecule has 17 heavy (non-hydrogen) atoms. The molecule has 1 rings (SSSR count). The Morgan fingerprint density at radius 1 is 1.35 bits per heavy atom. The molecule has 0 aliphatic heterocycles. The van der Waals surface area contributed by atoms with Gasteiger partial charge in [-0.1, -0.05) is 36.7 Å². The fourth-order valence-electron chi connectivity index (χ4n) is 1.92. The summed E-state index contributed by atoms with van der Waals surface area (Å²) in [6.45, 7) is 8.70. The van der Waals surface area contributed by atoms with E-state index in [0.29, 0.717) is 0 Å². The van der Waals surface area contributed by atoms with Gasteiger partial charge in [0.15, 0.2) is 0 Å². The molecule has 2 nitrogen and oxygen atoms in total. The van der Waals surface area contributed by atoms with E-state index < -0.39 is 0 Å². The maximum absolute atomic E-state index is 5.45. The summed E-state index contributed by atoms with van der Waals surface area (Å²) in [5.74, 6) is 0.967. The molecule has 1 N–H and O–H groups in total. The molecule has 0 bridgehead atoms. The Balaban J connectivity index is 2.91. The van der Waals surface area contributed by atoms with E-state index in [4.69, 9.17) is 4.74 Å². The maximum Gasteiger partial charge on any atom is 0.122 e. The first-order valence-corrected chi connectivity index (χ1v) is 6.85. The predicted octanol–water partition coefficient (Wildman–Crippen LogP) is 3.73. The molecule has 0 atom stereocenters. The summed E-state index contributed by atoms with van der Waals surface area (Å²) >= 11 is 3.53. The van der Waals surface area contributed by atoms with Crippen molar-refractivity contribution in [3.63, 3.8) is 0 Å². The number of benzene rings is 1. The third-order valence-electron chi connectivity index (χ3n) is 3.07. The van der Waals surface area contributed by atoms with E-state index in [-0.39, 0.29) is 5.41 Å². The van der Waals surface area contributed by atoms with Crippen LogP contribution in [-0.2, 0) is 5.41 Å². The van der Waals surface area contributed by atoms with Crippen LogP contribution < -0.4 is 10.1 Å². The lowest BCUT2D eigenvalue weighted by atomic mass is 9.81. The zero-order chi connectivity index (χ0) is 12.9. The highest BCUT2D eigenvalue weighted by atomic mass is 79.9. The smallest absolute Gasteiger partial charge is 0.122 e. The third-order valence-corrected chi connectivity index (χ3v) is 3.56. The van der Waals surface area contributed by atoms with Crippen LogP contribution in [0.3, 0.4) is 0 Å². The quantitative estimate of drug-likeness (QED) is 0.808. The van der Waals surface area contributed by atoms with Gasteiger partial charge in [-0.05, 0) is 43.1 Å². The van der Waals surface area contributed by atoms with Crippen molar-refractivity contribution in [2.24, 2.45) is 0 Å². The van der Waals surface area contributed by atoms with Crippen molar-refractivity contribution < 1.29 is 4.74 Å². The largest absolute Gasteiger partial charge is 0.496 e. The SMILES string of the molecule is CCNCCC(C)(C)c1cc(Br)ccc1OC. The van der Waals surface area contributed by atoms with Crippen molar-refractivity contribution in [1.82, 2.24) is 5.32 Å². The minimum Gasteiger partial charge on any atom is -0.496 e. The summed E-state index contributed by atoms with van der Waals surface area (Å²) in [6, 6.07) is 6.20. The lowest BCUT2D eigenvalue weighted by Gasteiger charge is -2.27. The Labute approximate surface area is 113 Å². The molecule has 0 aliphatic carbocycles. The maximum atomic E-state index is 5.45. The molecule has 0 amide bonds. The molecule has 0 aromatic heterocycles. The van der Waals surface area contributed by atoms with Crippen LogP contribution in [-0.4, -0.2) is 20.2 Å². The average Bonchev–Trinajstić information content (AvgIpc) is 2.29. The van der Waals surface area contributed by atoms with Gasteiger partial charge >= 0.3 is 0 Å². The molecule has 0 aliphatic rings. The molecule has 1 aromatic carbocycles. The van der Waals surface area contributed by atoms with Gasteiger partial charge in [0.25, 0.3) is 0 Å². The summed E-state index contributed by atoms with van der Waals surface area (Å²) in [6.07, 6.45) is 1.09. The topological polar surface area (TPSA) is 21.3 Å². The normalized spacial score (nSPS) is 11.6. The van der Waals surface area contributed by atoms with Gasteiger partial charge in [-0.15, -0.1) is 0 Å². The van der Waals surface area contributed by atoms with E-state index in [1.807, 2.05) is 12.1 Å². The zero-order valence-electron chi connectivity index (χ0n) is 11.1. The standard InChI is InChI=1S/C14H22BrNO/c1-5-16-9-8-14(2,3)12-10-11(15)6-7-13(12)17-4/h6-7,10,16H,5,8-9H2,1-4H3. The van der Waals surface area contributed by atoms with Crippen molar-refractivity contribution in [1.29, 1.82) is 0 Å². The molecule has 0 fully saturated rings. The van der Waals surface area contributed by atoms with E-state index in [1.165, 1.54) is 5.56 Å². The Kier molecular flexibility index (Phi) is 5.47. The fraction of sp³-hybridized carbons (Fsp3) is 0.571. The molecule has 0 heterocycles. The van der Waals surface area contributed by atoms with Crippen LogP contribution in [0.15, 0.2) is 22.7 Å². The van der Waals surface area contributed by atoms with E-state index in [0.717, 1.165) is 29.7 Å². The second kappa shape index (κ2) is 6.41. The molecule has 0 unspecified atom stereocenters. The van der Waals surface area contributed by atoms with Crippen LogP contribution in [0, 0.1) is 0 Å². The highest BCUT2D eigenvalue weighted by Crippen LogP contribution is 2.35. The van der Waals surface area contributed by atoms with Gasteiger partial charge in [-0.3, -0.25) is 0 Å². The van der Waals surface area contributed by atoms with Crippen molar-refractivity contribution >= 4 is 15.9 Å². The van der Waals surface area contributed by atoms with Crippen LogP contribution in [0.4, 0.5) is 0 Å². The molecular formula is C14H22BrNO. The van der Waals surface area contributed by atoms with Crippen LogP contribution >= 0.6 is 15.9 Å². The summed E-state index contributed by atoms with van der Waals surface area (Å²) < 4.78 is 6.55. The summed E-state index contributed by atoms with van der Waals surface area (Å²) in [5, 5.41) is 3.37. The highest BCUT2D eigenvalue weighted by Gasteiger charge is 2.24. The van der Waals surface area contributed by atoms with E-state index in [2.05, 4.69) is 48.1 Å². The minimum absolute atomic E-state index is 0.108. The number of halogens is 1. The number of hydrogen-bond donors (Lipinski definition) is 1. The predicted molar refractivity (Wildman–Crippen MR) is 76.9 cm³/mol.